The Morgan fingerprint density at radius 2 is 1.74 bits per heavy atom. The highest BCUT2D eigenvalue weighted by Gasteiger charge is 2.19. The molecule has 0 saturated carbocycles. The minimum atomic E-state index is -0.377. The van der Waals surface area contributed by atoms with Crippen molar-refractivity contribution >= 4 is 5.91 Å². The van der Waals surface area contributed by atoms with Crippen LogP contribution in [-0.2, 0) is 11.2 Å². The third kappa shape index (κ3) is 5.43. The molecule has 1 rings (SSSR count). The predicted molar refractivity (Wildman–Crippen MR) is 79.9 cm³/mol. The fourth-order valence-electron chi connectivity index (χ4n) is 2.20. The highest BCUT2D eigenvalue weighted by molar-refractivity contribution is 5.81. The van der Waals surface area contributed by atoms with Gasteiger partial charge in [0, 0.05) is 13.1 Å². The molecule has 0 heterocycles. The number of nitrogens with two attached hydrogens (primary N) is 1. The van der Waals surface area contributed by atoms with E-state index in [4.69, 9.17) is 5.73 Å². The molecule has 0 bridgehead atoms. The summed E-state index contributed by atoms with van der Waals surface area (Å²) < 4.78 is 0. The molecule has 0 aromatic heterocycles. The van der Waals surface area contributed by atoms with Crippen LogP contribution < -0.4 is 5.73 Å². The number of aryl methyl sites for hydroxylation is 1. The van der Waals surface area contributed by atoms with Gasteiger partial charge >= 0.3 is 0 Å². The lowest BCUT2D eigenvalue weighted by atomic mass is 10.0. The van der Waals surface area contributed by atoms with Gasteiger partial charge in [-0.05, 0) is 31.2 Å². The zero-order valence-corrected chi connectivity index (χ0v) is 12.1. The van der Waals surface area contributed by atoms with E-state index in [1.165, 1.54) is 5.56 Å². The second-order valence-electron chi connectivity index (χ2n) is 4.96. The number of nitrogens with zero attached hydrogens (tertiary/aromatic N) is 1. The maximum absolute atomic E-state index is 12.2. The van der Waals surface area contributed by atoms with Crippen molar-refractivity contribution in [3.63, 3.8) is 0 Å². The van der Waals surface area contributed by atoms with Crippen LogP contribution in [0.15, 0.2) is 30.3 Å². The van der Waals surface area contributed by atoms with E-state index in [-0.39, 0.29) is 11.9 Å². The van der Waals surface area contributed by atoms with Crippen molar-refractivity contribution in [3.8, 4) is 0 Å². The fraction of sp³-hybridized carbons (Fsp3) is 0.562. The molecule has 106 valence electrons. The first-order chi connectivity index (χ1) is 9.19. The third-order valence-electron chi connectivity index (χ3n) is 3.20. The van der Waals surface area contributed by atoms with E-state index in [0.29, 0.717) is 6.42 Å². The molecule has 0 aliphatic rings. The number of carbonyl (C=O) groups is 1. The standard InChI is InChI=1S/C16H26N2O/c1-3-12-18(13-4-2)16(19)15(17)11-10-14-8-6-5-7-9-14/h5-9,15H,3-4,10-13,17H2,1-2H3/t15-/m0/s1. The minimum absolute atomic E-state index is 0.0969. The lowest BCUT2D eigenvalue weighted by Gasteiger charge is -2.24. The van der Waals surface area contributed by atoms with E-state index < -0.39 is 0 Å². The van der Waals surface area contributed by atoms with Crippen molar-refractivity contribution in [1.29, 1.82) is 0 Å². The number of benzene rings is 1. The quantitative estimate of drug-likeness (QED) is 0.782. The van der Waals surface area contributed by atoms with Gasteiger partial charge in [-0.1, -0.05) is 44.2 Å². The normalized spacial score (nSPS) is 12.2. The van der Waals surface area contributed by atoms with Crippen molar-refractivity contribution in [3.05, 3.63) is 35.9 Å². The molecule has 19 heavy (non-hydrogen) atoms. The average molecular weight is 262 g/mol. The molecular weight excluding hydrogens is 236 g/mol. The van der Waals surface area contributed by atoms with Gasteiger partial charge in [-0.15, -0.1) is 0 Å². The number of hydrogen-bond acceptors (Lipinski definition) is 2. The Bertz CT molecular complexity index is 358. The molecule has 0 aliphatic heterocycles. The van der Waals surface area contributed by atoms with Gasteiger partial charge < -0.3 is 10.6 Å². The lowest BCUT2D eigenvalue weighted by Crippen LogP contribution is -2.44. The second kappa shape index (κ2) is 8.70. The summed E-state index contributed by atoms with van der Waals surface area (Å²) in [6.45, 7) is 5.80. The van der Waals surface area contributed by atoms with E-state index in [9.17, 15) is 4.79 Å². The topological polar surface area (TPSA) is 46.3 Å². The van der Waals surface area contributed by atoms with Gasteiger partial charge in [-0.2, -0.15) is 0 Å². The molecule has 0 fully saturated rings. The molecule has 1 amide bonds. The van der Waals surface area contributed by atoms with Gasteiger partial charge in [-0.3, -0.25) is 4.79 Å². The monoisotopic (exact) mass is 262 g/mol. The summed E-state index contributed by atoms with van der Waals surface area (Å²) >= 11 is 0. The van der Waals surface area contributed by atoms with E-state index in [1.54, 1.807) is 0 Å². The van der Waals surface area contributed by atoms with Gasteiger partial charge in [0.1, 0.15) is 0 Å². The molecule has 2 N–H and O–H groups in total. The zero-order chi connectivity index (χ0) is 14.1. The Morgan fingerprint density at radius 1 is 1.16 bits per heavy atom. The van der Waals surface area contributed by atoms with Crippen LogP contribution in [0.5, 0.6) is 0 Å². The molecule has 0 unspecified atom stereocenters. The second-order valence-corrected chi connectivity index (χ2v) is 4.96. The molecular formula is C16H26N2O. The Hall–Kier alpha value is -1.35. The first-order valence-corrected chi connectivity index (χ1v) is 7.27. The number of amides is 1. The van der Waals surface area contributed by atoms with E-state index >= 15 is 0 Å². The molecule has 0 radical (unpaired) electrons. The molecule has 3 nitrogen and oxygen atoms in total. The predicted octanol–water partition coefficient (Wildman–Crippen LogP) is 2.60. The van der Waals surface area contributed by atoms with Crippen molar-refractivity contribution in [1.82, 2.24) is 4.90 Å². The Labute approximate surface area is 116 Å². The van der Waals surface area contributed by atoms with Gasteiger partial charge in [-0.25, -0.2) is 0 Å². The number of carbonyl (C=O) groups excluding carboxylic acids is 1. The minimum Gasteiger partial charge on any atom is -0.341 e. The molecule has 3 heteroatoms. The van der Waals surface area contributed by atoms with Gasteiger partial charge in [0.15, 0.2) is 0 Å². The SMILES string of the molecule is CCCN(CCC)C(=O)[C@@H](N)CCc1ccccc1. The maximum atomic E-state index is 12.2. The number of rotatable bonds is 8. The van der Waals surface area contributed by atoms with Crippen LogP contribution in [0, 0.1) is 0 Å². The number of hydrogen-bond donors (Lipinski definition) is 1. The van der Waals surface area contributed by atoms with Crippen molar-refractivity contribution in [2.24, 2.45) is 5.73 Å². The lowest BCUT2D eigenvalue weighted by molar-refractivity contribution is -0.132. The Morgan fingerprint density at radius 3 is 2.26 bits per heavy atom. The summed E-state index contributed by atoms with van der Waals surface area (Å²) in [6, 6.07) is 9.81. The summed E-state index contributed by atoms with van der Waals surface area (Å²) in [7, 11) is 0. The fourth-order valence-corrected chi connectivity index (χ4v) is 2.20. The van der Waals surface area contributed by atoms with Crippen molar-refractivity contribution in [2.45, 2.75) is 45.6 Å². The first-order valence-electron chi connectivity index (χ1n) is 7.27. The largest absolute Gasteiger partial charge is 0.341 e. The van der Waals surface area contributed by atoms with Crippen molar-refractivity contribution < 1.29 is 4.79 Å². The van der Waals surface area contributed by atoms with Crippen LogP contribution in [0.3, 0.4) is 0 Å². The smallest absolute Gasteiger partial charge is 0.239 e. The van der Waals surface area contributed by atoms with E-state index in [1.807, 2.05) is 23.1 Å². The summed E-state index contributed by atoms with van der Waals surface area (Å²) in [5.74, 6) is 0.0969. The Balaban J connectivity index is 2.46. The third-order valence-corrected chi connectivity index (χ3v) is 3.20. The highest BCUT2D eigenvalue weighted by Crippen LogP contribution is 2.07. The van der Waals surface area contributed by atoms with Crippen LogP contribution in [0.25, 0.3) is 0 Å². The summed E-state index contributed by atoms with van der Waals surface area (Å²) in [5.41, 5.74) is 7.27. The van der Waals surface area contributed by atoms with Crippen LogP contribution in [0.4, 0.5) is 0 Å². The summed E-state index contributed by atoms with van der Waals surface area (Å²) in [6.07, 6.45) is 3.54. The molecule has 1 atom stereocenters. The van der Waals surface area contributed by atoms with Crippen molar-refractivity contribution in [2.75, 3.05) is 13.1 Å². The van der Waals surface area contributed by atoms with Crippen LogP contribution in [0.2, 0.25) is 0 Å². The molecule has 0 spiro atoms. The highest BCUT2D eigenvalue weighted by atomic mass is 16.2. The van der Waals surface area contributed by atoms with Gasteiger partial charge in [0.2, 0.25) is 5.91 Å². The maximum Gasteiger partial charge on any atom is 0.239 e. The Kier molecular flexibility index (Phi) is 7.19. The van der Waals surface area contributed by atoms with Gasteiger partial charge in [0.25, 0.3) is 0 Å². The van der Waals surface area contributed by atoms with Gasteiger partial charge in [0.05, 0.1) is 6.04 Å². The van der Waals surface area contributed by atoms with Crippen LogP contribution in [0.1, 0.15) is 38.7 Å². The molecule has 1 aromatic rings. The molecule has 0 aliphatic carbocycles. The first kappa shape index (κ1) is 15.7. The van der Waals surface area contributed by atoms with E-state index in [2.05, 4.69) is 26.0 Å². The molecule has 0 saturated heterocycles. The van der Waals surface area contributed by atoms with Crippen LogP contribution >= 0.6 is 0 Å². The molecule has 1 aromatic carbocycles. The van der Waals surface area contributed by atoms with Crippen LogP contribution in [-0.4, -0.2) is 29.9 Å². The van der Waals surface area contributed by atoms with E-state index in [0.717, 1.165) is 32.4 Å². The summed E-state index contributed by atoms with van der Waals surface area (Å²) in [4.78, 5) is 14.1. The summed E-state index contributed by atoms with van der Waals surface area (Å²) in [5, 5.41) is 0. The zero-order valence-electron chi connectivity index (χ0n) is 12.1. The average Bonchev–Trinajstić information content (AvgIpc) is 2.45.